The van der Waals surface area contributed by atoms with Crippen molar-refractivity contribution in [2.45, 2.75) is 45.1 Å². The van der Waals surface area contributed by atoms with E-state index in [0.29, 0.717) is 12.5 Å². The summed E-state index contributed by atoms with van der Waals surface area (Å²) in [4.78, 5) is 14.3. The van der Waals surface area contributed by atoms with E-state index >= 15 is 0 Å². The third kappa shape index (κ3) is 4.67. The number of nitrogens with zero attached hydrogens (tertiary/aromatic N) is 1. The Morgan fingerprint density at radius 2 is 2.05 bits per heavy atom. The van der Waals surface area contributed by atoms with E-state index in [9.17, 15) is 4.79 Å². The van der Waals surface area contributed by atoms with E-state index in [1.807, 2.05) is 35.2 Å². The fourth-order valence-corrected chi connectivity index (χ4v) is 2.13. The van der Waals surface area contributed by atoms with Crippen LogP contribution in [-0.4, -0.2) is 25.0 Å². The van der Waals surface area contributed by atoms with Gasteiger partial charge in [-0.25, -0.2) is 0 Å². The molecule has 1 saturated carbocycles. The van der Waals surface area contributed by atoms with E-state index < -0.39 is 0 Å². The van der Waals surface area contributed by atoms with Gasteiger partial charge in [0, 0.05) is 31.2 Å². The number of nitrogens with one attached hydrogen (secondary N) is 1. The van der Waals surface area contributed by atoms with Crippen molar-refractivity contribution in [3.63, 3.8) is 0 Å². The summed E-state index contributed by atoms with van der Waals surface area (Å²) in [6, 6.07) is 10.7. The minimum absolute atomic E-state index is 0.229. The predicted octanol–water partition coefficient (Wildman–Crippen LogP) is 2.96. The average molecular weight is 260 g/mol. The van der Waals surface area contributed by atoms with Crippen molar-refractivity contribution in [1.29, 1.82) is 0 Å². The minimum Gasteiger partial charge on any atom is -0.313 e. The molecule has 1 fully saturated rings. The third-order valence-corrected chi connectivity index (χ3v) is 3.45. The van der Waals surface area contributed by atoms with Gasteiger partial charge in [0.25, 0.3) is 0 Å². The van der Waals surface area contributed by atoms with Crippen molar-refractivity contribution >= 4 is 11.6 Å². The Bertz CT molecular complexity index is 387. The van der Waals surface area contributed by atoms with Crippen LogP contribution >= 0.6 is 0 Å². The molecule has 0 unspecified atom stereocenters. The molecule has 0 aromatic heterocycles. The molecule has 0 aliphatic heterocycles. The zero-order valence-corrected chi connectivity index (χ0v) is 11.8. The maximum absolute atomic E-state index is 12.3. The second kappa shape index (κ2) is 7.29. The standard InChI is InChI=1S/C16H24N2O/c1-2-3-13-18(15-7-5-4-6-8-15)16(19)11-12-17-14-9-10-14/h4-8,14,17H,2-3,9-13H2,1H3. The van der Waals surface area contributed by atoms with E-state index in [0.717, 1.165) is 31.6 Å². The SMILES string of the molecule is CCCCN(C(=O)CCNC1CC1)c1ccccc1. The number of anilines is 1. The van der Waals surface area contributed by atoms with Crippen LogP contribution < -0.4 is 10.2 Å². The molecule has 0 atom stereocenters. The Labute approximate surface area is 116 Å². The number of hydrogen-bond donors (Lipinski definition) is 1. The number of para-hydroxylation sites is 1. The molecule has 3 heteroatoms. The van der Waals surface area contributed by atoms with Crippen LogP contribution in [0.25, 0.3) is 0 Å². The van der Waals surface area contributed by atoms with E-state index in [2.05, 4.69) is 12.2 Å². The molecule has 19 heavy (non-hydrogen) atoms. The van der Waals surface area contributed by atoms with Crippen molar-refractivity contribution in [3.05, 3.63) is 30.3 Å². The van der Waals surface area contributed by atoms with Gasteiger partial charge in [-0.05, 0) is 31.4 Å². The highest BCUT2D eigenvalue weighted by Crippen LogP contribution is 2.19. The molecule has 2 rings (SSSR count). The Hall–Kier alpha value is -1.35. The highest BCUT2D eigenvalue weighted by atomic mass is 16.2. The molecule has 1 aliphatic rings. The summed E-state index contributed by atoms with van der Waals surface area (Å²) in [6.07, 6.45) is 5.29. The summed E-state index contributed by atoms with van der Waals surface area (Å²) in [5.74, 6) is 0.229. The van der Waals surface area contributed by atoms with Gasteiger partial charge in [-0.1, -0.05) is 31.5 Å². The lowest BCUT2D eigenvalue weighted by Gasteiger charge is -2.23. The first-order chi connectivity index (χ1) is 9.31. The van der Waals surface area contributed by atoms with Crippen LogP contribution in [0.1, 0.15) is 39.0 Å². The second-order valence-corrected chi connectivity index (χ2v) is 5.21. The second-order valence-electron chi connectivity index (χ2n) is 5.21. The fraction of sp³-hybridized carbons (Fsp3) is 0.562. The minimum atomic E-state index is 0.229. The van der Waals surface area contributed by atoms with Crippen LogP contribution in [-0.2, 0) is 4.79 Å². The first kappa shape index (κ1) is 14.1. The van der Waals surface area contributed by atoms with Gasteiger partial charge in [-0.2, -0.15) is 0 Å². The maximum atomic E-state index is 12.3. The van der Waals surface area contributed by atoms with Gasteiger partial charge in [0.1, 0.15) is 0 Å². The number of benzene rings is 1. The monoisotopic (exact) mass is 260 g/mol. The molecule has 3 nitrogen and oxygen atoms in total. The van der Waals surface area contributed by atoms with Crippen LogP contribution in [0, 0.1) is 0 Å². The predicted molar refractivity (Wildman–Crippen MR) is 79.3 cm³/mol. The highest BCUT2D eigenvalue weighted by Gasteiger charge is 2.21. The number of amides is 1. The zero-order chi connectivity index (χ0) is 13.5. The number of unbranched alkanes of at least 4 members (excludes halogenated alkanes) is 1. The summed E-state index contributed by atoms with van der Waals surface area (Å²) in [5, 5.41) is 3.40. The fourth-order valence-electron chi connectivity index (χ4n) is 2.13. The maximum Gasteiger partial charge on any atom is 0.228 e. The zero-order valence-electron chi connectivity index (χ0n) is 11.8. The molecular weight excluding hydrogens is 236 g/mol. The van der Waals surface area contributed by atoms with Gasteiger partial charge in [0.05, 0.1) is 0 Å². The molecule has 104 valence electrons. The molecule has 0 bridgehead atoms. The highest BCUT2D eigenvalue weighted by molar-refractivity contribution is 5.93. The number of carbonyl (C=O) groups is 1. The van der Waals surface area contributed by atoms with E-state index in [4.69, 9.17) is 0 Å². The van der Waals surface area contributed by atoms with Crippen LogP contribution in [0.4, 0.5) is 5.69 Å². The molecule has 0 spiro atoms. The third-order valence-electron chi connectivity index (χ3n) is 3.45. The smallest absolute Gasteiger partial charge is 0.228 e. The number of rotatable bonds is 8. The molecule has 1 N–H and O–H groups in total. The van der Waals surface area contributed by atoms with Crippen molar-refractivity contribution < 1.29 is 4.79 Å². The van der Waals surface area contributed by atoms with E-state index in [1.54, 1.807) is 0 Å². The lowest BCUT2D eigenvalue weighted by Crippen LogP contribution is -2.34. The summed E-state index contributed by atoms with van der Waals surface area (Å²) in [6.45, 7) is 3.78. The van der Waals surface area contributed by atoms with Gasteiger partial charge < -0.3 is 10.2 Å². The summed E-state index contributed by atoms with van der Waals surface area (Å²) >= 11 is 0. The quantitative estimate of drug-likeness (QED) is 0.779. The molecule has 0 heterocycles. The lowest BCUT2D eigenvalue weighted by atomic mass is 10.2. The lowest BCUT2D eigenvalue weighted by molar-refractivity contribution is -0.118. The number of carbonyl (C=O) groups excluding carboxylic acids is 1. The van der Waals surface area contributed by atoms with Gasteiger partial charge >= 0.3 is 0 Å². The normalized spacial score (nSPS) is 14.4. The largest absolute Gasteiger partial charge is 0.313 e. The Morgan fingerprint density at radius 1 is 1.32 bits per heavy atom. The summed E-state index contributed by atoms with van der Waals surface area (Å²) < 4.78 is 0. The summed E-state index contributed by atoms with van der Waals surface area (Å²) in [5.41, 5.74) is 1.02. The van der Waals surface area contributed by atoms with E-state index in [-0.39, 0.29) is 5.91 Å². The molecule has 0 saturated heterocycles. The molecular formula is C16H24N2O. The molecule has 1 aliphatic carbocycles. The van der Waals surface area contributed by atoms with Crippen molar-refractivity contribution in [2.75, 3.05) is 18.0 Å². The molecule has 0 radical (unpaired) electrons. The Morgan fingerprint density at radius 3 is 2.68 bits per heavy atom. The molecule has 1 aromatic rings. The Balaban J connectivity index is 1.89. The van der Waals surface area contributed by atoms with Gasteiger partial charge in [-0.3, -0.25) is 4.79 Å². The van der Waals surface area contributed by atoms with Crippen LogP contribution in [0.3, 0.4) is 0 Å². The number of hydrogen-bond acceptors (Lipinski definition) is 2. The topological polar surface area (TPSA) is 32.3 Å². The first-order valence-corrected chi connectivity index (χ1v) is 7.40. The van der Waals surface area contributed by atoms with Gasteiger partial charge in [-0.15, -0.1) is 0 Å². The van der Waals surface area contributed by atoms with Crippen LogP contribution in [0.5, 0.6) is 0 Å². The van der Waals surface area contributed by atoms with Crippen molar-refractivity contribution in [2.24, 2.45) is 0 Å². The molecule has 1 aromatic carbocycles. The van der Waals surface area contributed by atoms with Crippen molar-refractivity contribution in [3.8, 4) is 0 Å². The van der Waals surface area contributed by atoms with Crippen molar-refractivity contribution in [1.82, 2.24) is 5.32 Å². The first-order valence-electron chi connectivity index (χ1n) is 7.40. The Kier molecular flexibility index (Phi) is 5.40. The van der Waals surface area contributed by atoms with E-state index in [1.165, 1.54) is 12.8 Å². The summed E-state index contributed by atoms with van der Waals surface area (Å²) in [7, 11) is 0. The van der Waals surface area contributed by atoms with Crippen LogP contribution in [0.2, 0.25) is 0 Å². The van der Waals surface area contributed by atoms with Gasteiger partial charge in [0.15, 0.2) is 0 Å². The molecule has 1 amide bonds. The van der Waals surface area contributed by atoms with Gasteiger partial charge in [0.2, 0.25) is 5.91 Å². The average Bonchev–Trinajstić information content (AvgIpc) is 3.24. The van der Waals surface area contributed by atoms with Crippen LogP contribution in [0.15, 0.2) is 30.3 Å².